The smallest absolute Gasteiger partial charge is 0.281 e. The van der Waals surface area contributed by atoms with Gasteiger partial charge in [-0.1, -0.05) is 28.1 Å². The monoisotopic (exact) mass is 553 g/mol. The van der Waals surface area contributed by atoms with Crippen LogP contribution in [0, 0.1) is 10.1 Å². The van der Waals surface area contributed by atoms with Crippen LogP contribution in [0.2, 0.25) is 0 Å². The molecule has 0 aliphatic rings. The number of nitro benzene ring substituents is 1. The maximum absolute atomic E-state index is 12.5. The molecule has 1 heterocycles. The summed E-state index contributed by atoms with van der Waals surface area (Å²) in [6, 6.07) is 19.4. The molecule has 0 fully saturated rings. The molecule has 0 saturated heterocycles. The molecule has 4 aromatic rings. The van der Waals surface area contributed by atoms with Gasteiger partial charge in [0.2, 0.25) is 0 Å². The van der Waals surface area contributed by atoms with Crippen LogP contribution >= 0.6 is 27.3 Å². The summed E-state index contributed by atoms with van der Waals surface area (Å²) in [5.41, 5.74) is 4.22. The van der Waals surface area contributed by atoms with Gasteiger partial charge in [0.05, 0.1) is 22.6 Å². The summed E-state index contributed by atoms with van der Waals surface area (Å²) < 4.78 is 13.4. The summed E-state index contributed by atoms with van der Waals surface area (Å²) in [4.78, 5) is 23.4. The second kappa shape index (κ2) is 11.1. The Balaban J connectivity index is 1.41. The quantitative estimate of drug-likeness (QED) is 0.148. The van der Waals surface area contributed by atoms with Gasteiger partial charge in [-0.25, -0.2) is 5.43 Å². The van der Waals surface area contributed by atoms with Gasteiger partial charge in [-0.05, 0) is 60.5 Å². The number of amides is 1. The average Bonchev–Trinajstić information content (AvgIpc) is 3.28. The molecule has 0 saturated carbocycles. The van der Waals surface area contributed by atoms with E-state index in [1.54, 1.807) is 24.3 Å². The van der Waals surface area contributed by atoms with Crippen molar-refractivity contribution in [3.8, 4) is 11.5 Å². The molecule has 1 aromatic heterocycles. The third-order valence-electron chi connectivity index (χ3n) is 4.89. The predicted octanol–water partition coefficient (Wildman–Crippen LogP) is 6.31. The van der Waals surface area contributed by atoms with Crippen LogP contribution in [0.25, 0.3) is 10.1 Å². The maximum atomic E-state index is 12.5. The number of fused-ring (bicyclic) bond motifs is 1. The van der Waals surface area contributed by atoms with Gasteiger partial charge in [0, 0.05) is 26.7 Å². The molecule has 0 bridgehead atoms. The van der Waals surface area contributed by atoms with Crippen molar-refractivity contribution in [3.05, 3.63) is 97.3 Å². The van der Waals surface area contributed by atoms with Crippen LogP contribution in [-0.4, -0.2) is 23.7 Å². The highest BCUT2D eigenvalue weighted by Gasteiger charge is 2.13. The van der Waals surface area contributed by atoms with Crippen LogP contribution in [0.4, 0.5) is 5.69 Å². The molecule has 0 atom stereocenters. The first kappa shape index (κ1) is 24.4. The molecule has 178 valence electrons. The van der Waals surface area contributed by atoms with Crippen molar-refractivity contribution in [1.29, 1.82) is 0 Å². The minimum absolute atomic E-state index is 0.0188. The van der Waals surface area contributed by atoms with Gasteiger partial charge >= 0.3 is 0 Å². The topological polar surface area (TPSA) is 103 Å². The van der Waals surface area contributed by atoms with E-state index in [4.69, 9.17) is 9.47 Å². The number of nitrogens with zero attached hydrogens (tertiary/aromatic N) is 2. The number of ether oxygens (including phenoxy) is 2. The van der Waals surface area contributed by atoms with Crippen LogP contribution in [0.5, 0.6) is 11.5 Å². The van der Waals surface area contributed by atoms with Crippen molar-refractivity contribution in [1.82, 2.24) is 5.43 Å². The highest BCUT2D eigenvalue weighted by Crippen LogP contribution is 2.30. The fourth-order valence-corrected chi connectivity index (χ4v) is 4.41. The highest BCUT2D eigenvalue weighted by molar-refractivity contribution is 9.10. The predicted molar refractivity (Wildman–Crippen MR) is 140 cm³/mol. The third kappa shape index (κ3) is 6.23. The fourth-order valence-electron chi connectivity index (χ4n) is 3.21. The average molecular weight is 554 g/mol. The number of benzene rings is 3. The summed E-state index contributed by atoms with van der Waals surface area (Å²) in [7, 11) is 0. The molecule has 8 nitrogen and oxygen atoms in total. The Bertz CT molecular complexity index is 1400. The standard InChI is InChI=1S/C25H20BrN3O5S/c1-2-33-22-11-17(5-9-21(22)34-15-16-3-6-19(26)7-4-16)14-27-28-25(30)24-13-18-12-20(29(31)32)8-10-23(18)35-24/h3-14H,2,15H2,1H3,(H,28,30)/b27-14-. The second-order valence-electron chi connectivity index (χ2n) is 7.34. The van der Waals surface area contributed by atoms with Gasteiger partial charge in [0.1, 0.15) is 6.61 Å². The molecule has 0 radical (unpaired) electrons. The lowest BCUT2D eigenvalue weighted by atomic mass is 10.2. The van der Waals surface area contributed by atoms with Crippen LogP contribution in [0.1, 0.15) is 27.7 Å². The number of carbonyl (C=O) groups excluding carboxylic acids is 1. The van der Waals surface area contributed by atoms with Gasteiger partial charge in [-0.3, -0.25) is 14.9 Å². The number of hydrogen-bond acceptors (Lipinski definition) is 7. The molecule has 0 unspecified atom stereocenters. The summed E-state index contributed by atoms with van der Waals surface area (Å²) in [5.74, 6) is 0.783. The molecule has 3 aromatic carbocycles. The Kier molecular flexibility index (Phi) is 7.74. The van der Waals surface area contributed by atoms with E-state index in [-0.39, 0.29) is 5.69 Å². The lowest BCUT2D eigenvalue weighted by molar-refractivity contribution is -0.384. The van der Waals surface area contributed by atoms with Crippen molar-refractivity contribution in [2.24, 2.45) is 5.10 Å². The zero-order chi connectivity index (χ0) is 24.8. The number of hydrogen-bond donors (Lipinski definition) is 1. The number of non-ortho nitro benzene ring substituents is 1. The van der Waals surface area contributed by atoms with E-state index in [0.717, 1.165) is 20.3 Å². The maximum Gasteiger partial charge on any atom is 0.281 e. The molecule has 0 aliphatic carbocycles. The number of rotatable bonds is 9. The lowest BCUT2D eigenvalue weighted by Crippen LogP contribution is -2.16. The number of nitro groups is 1. The molecule has 0 aliphatic heterocycles. The number of nitrogens with one attached hydrogen (secondary N) is 1. The third-order valence-corrected chi connectivity index (χ3v) is 6.53. The fraction of sp³-hybridized carbons (Fsp3) is 0.120. The summed E-state index contributed by atoms with van der Waals surface area (Å²) in [6.07, 6.45) is 1.51. The zero-order valence-electron chi connectivity index (χ0n) is 18.6. The van der Waals surface area contributed by atoms with Gasteiger partial charge in [0.15, 0.2) is 11.5 Å². The van der Waals surface area contributed by atoms with Crippen molar-refractivity contribution in [2.45, 2.75) is 13.5 Å². The first-order valence-electron chi connectivity index (χ1n) is 10.6. The van der Waals surface area contributed by atoms with Crippen molar-refractivity contribution >= 4 is 55.2 Å². The van der Waals surface area contributed by atoms with Crippen molar-refractivity contribution in [3.63, 3.8) is 0 Å². The lowest BCUT2D eigenvalue weighted by Gasteiger charge is -2.12. The van der Waals surface area contributed by atoms with E-state index in [2.05, 4.69) is 26.5 Å². The Hall–Kier alpha value is -3.76. The molecule has 10 heteroatoms. The SMILES string of the molecule is CCOc1cc(/C=N\NC(=O)c2cc3cc([N+](=O)[O-])ccc3s2)ccc1OCc1ccc(Br)cc1. The molecule has 1 N–H and O–H groups in total. The Morgan fingerprint density at radius 3 is 2.63 bits per heavy atom. The number of carbonyl (C=O) groups is 1. The van der Waals surface area contributed by atoms with Gasteiger partial charge < -0.3 is 9.47 Å². The Morgan fingerprint density at radius 1 is 1.09 bits per heavy atom. The van der Waals surface area contributed by atoms with E-state index in [0.29, 0.717) is 35.0 Å². The molecular formula is C25H20BrN3O5S. The molecular weight excluding hydrogens is 534 g/mol. The van der Waals surface area contributed by atoms with E-state index in [9.17, 15) is 14.9 Å². The minimum atomic E-state index is -0.464. The normalized spacial score (nSPS) is 11.0. The van der Waals surface area contributed by atoms with Gasteiger partial charge in [0.25, 0.3) is 11.6 Å². The molecule has 0 spiro atoms. The molecule has 35 heavy (non-hydrogen) atoms. The second-order valence-corrected chi connectivity index (χ2v) is 9.34. The van der Waals surface area contributed by atoms with Crippen LogP contribution in [-0.2, 0) is 6.61 Å². The van der Waals surface area contributed by atoms with Crippen LogP contribution in [0.3, 0.4) is 0 Å². The number of halogens is 1. The minimum Gasteiger partial charge on any atom is -0.490 e. The zero-order valence-corrected chi connectivity index (χ0v) is 21.0. The van der Waals surface area contributed by atoms with Crippen LogP contribution in [0.15, 0.2) is 76.3 Å². The Labute approximate surface area is 213 Å². The number of thiophene rings is 1. The first-order chi connectivity index (χ1) is 16.9. The summed E-state index contributed by atoms with van der Waals surface area (Å²) in [6.45, 7) is 2.75. The largest absolute Gasteiger partial charge is 0.490 e. The molecule has 1 amide bonds. The van der Waals surface area contributed by atoms with Crippen molar-refractivity contribution < 1.29 is 19.2 Å². The summed E-state index contributed by atoms with van der Waals surface area (Å²) in [5, 5.41) is 15.6. The first-order valence-corrected chi connectivity index (χ1v) is 12.2. The van der Waals surface area contributed by atoms with Crippen molar-refractivity contribution in [2.75, 3.05) is 6.61 Å². The van der Waals surface area contributed by atoms with E-state index < -0.39 is 10.8 Å². The van der Waals surface area contributed by atoms with E-state index in [1.165, 1.54) is 29.7 Å². The van der Waals surface area contributed by atoms with E-state index in [1.807, 2.05) is 37.3 Å². The summed E-state index contributed by atoms with van der Waals surface area (Å²) >= 11 is 4.66. The Morgan fingerprint density at radius 2 is 1.89 bits per heavy atom. The van der Waals surface area contributed by atoms with E-state index >= 15 is 0 Å². The van der Waals surface area contributed by atoms with Crippen LogP contribution < -0.4 is 14.9 Å². The highest BCUT2D eigenvalue weighted by atomic mass is 79.9. The van der Waals surface area contributed by atoms with Gasteiger partial charge in [-0.2, -0.15) is 5.10 Å². The molecule has 4 rings (SSSR count). The number of hydrazone groups is 1. The van der Waals surface area contributed by atoms with Gasteiger partial charge in [-0.15, -0.1) is 11.3 Å².